The van der Waals surface area contributed by atoms with Crippen LogP contribution >= 0.6 is 11.3 Å². The van der Waals surface area contributed by atoms with Crippen molar-refractivity contribution in [2.75, 3.05) is 0 Å². The normalized spacial score (nSPS) is 11.3. The molecule has 1 aromatic heterocycles. The first-order chi connectivity index (χ1) is 12.8. The van der Waals surface area contributed by atoms with Crippen molar-refractivity contribution in [2.45, 2.75) is 6.92 Å². The third kappa shape index (κ3) is 2.61. The van der Waals surface area contributed by atoms with Crippen LogP contribution in [0.25, 0.3) is 42.4 Å². The van der Waals surface area contributed by atoms with E-state index in [1.807, 2.05) is 11.3 Å². The van der Waals surface area contributed by atoms with Gasteiger partial charge in [-0.05, 0) is 52.9 Å². The fourth-order valence-electron chi connectivity index (χ4n) is 3.65. The van der Waals surface area contributed by atoms with E-state index in [1.54, 1.807) is 0 Å². The van der Waals surface area contributed by atoms with Crippen molar-refractivity contribution in [3.8, 4) is 22.3 Å². The van der Waals surface area contributed by atoms with Gasteiger partial charge in [0.25, 0.3) is 0 Å². The SMILES string of the molecule is Cc1cc(-c2ccccc2)cc(-c2ccc3c(c2)sc2ccccc23)c1. The highest BCUT2D eigenvalue weighted by Crippen LogP contribution is 2.37. The van der Waals surface area contributed by atoms with E-state index in [-0.39, 0.29) is 0 Å². The van der Waals surface area contributed by atoms with Crippen molar-refractivity contribution in [1.82, 2.24) is 0 Å². The molecule has 0 saturated heterocycles. The molecule has 0 aliphatic carbocycles. The van der Waals surface area contributed by atoms with Crippen molar-refractivity contribution in [2.24, 2.45) is 0 Å². The van der Waals surface area contributed by atoms with Crippen molar-refractivity contribution in [3.05, 3.63) is 96.6 Å². The highest BCUT2D eigenvalue weighted by molar-refractivity contribution is 7.25. The van der Waals surface area contributed by atoms with E-state index >= 15 is 0 Å². The number of hydrogen-bond donors (Lipinski definition) is 0. The van der Waals surface area contributed by atoms with Gasteiger partial charge >= 0.3 is 0 Å². The molecule has 0 atom stereocenters. The highest BCUT2D eigenvalue weighted by atomic mass is 32.1. The summed E-state index contributed by atoms with van der Waals surface area (Å²) in [5, 5.41) is 2.71. The summed E-state index contributed by atoms with van der Waals surface area (Å²) in [5.74, 6) is 0. The van der Waals surface area contributed by atoms with Crippen LogP contribution in [0.4, 0.5) is 0 Å². The zero-order valence-electron chi connectivity index (χ0n) is 14.6. The second-order valence-electron chi connectivity index (χ2n) is 6.76. The van der Waals surface area contributed by atoms with Crippen LogP contribution in [-0.4, -0.2) is 0 Å². The average Bonchev–Trinajstić information content (AvgIpc) is 3.06. The van der Waals surface area contributed by atoms with Gasteiger partial charge in [0.15, 0.2) is 0 Å². The second-order valence-corrected chi connectivity index (χ2v) is 7.85. The molecule has 0 N–H and O–H groups in total. The molecule has 1 heteroatoms. The molecule has 0 amide bonds. The molecule has 0 saturated carbocycles. The molecular weight excluding hydrogens is 332 g/mol. The zero-order chi connectivity index (χ0) is 17.5. The minimum Gasteiger partial charge on any atom is -0.135 e. The van der Waals surface area contributed by atoms with Gasteiger partial charge in [0.1, 0.15) is 0 Å². The Morgan fingerprint density at radius 3 is 2.04 bits per heavy atom. The Labute approximate surface area is 157 Å². The van der Waals surface area contributed by atoms with Crippen molar-refractivity contribution in [1.29, 1.82) is 0 Å². The lowest BCUT2D eigenvalue weighted by molar-refractivity contribution is 1.46. The van der Waals surface area contributed by atoms with Gasteiger partial charge in [-0.25, -0.2) is 0 Å². The topological polar surface area (TPSA) is 0 Å². The van der Waals surface area contributed by atoms with Crippen LogP contribution in [0.3, 0.4) is 0 Å². The summed E-state index contributed by atoms with van der Waals surface area (Å²) < 4.78 is 2.71. The molecule has 124 valence electrons. The summed E-state index contributed by atoms with van der Waals surface area (Å²) in [7, 11) is 0. The summed E-state index contributed by atoms with van der Waals surface area (Å²) in [6, 6.07) is 33.0. The first-order valence-electron chi connectivity index (χ1n) is 8.87. The molecule has 26 heavy (non-hydrogen) atoms. The molecule has 4 aromatic carbocycles. The van der Waals surface area contributed by atoms with Crippen molar-refractivity contribution >= 4 is 31.5 Å². The van der Waals surface area contributed by atoms with Crippen LogP contribution in [0.1, 0.15) is 5.56 Å². The van der Waals surface area contributed by atoms with E-state index in [9.17, 15) is 0 Å². The monoisotopic (exact) mass is 350 g/mol. The largest absolute Gasteiger partial charge is 0.135 e. The van der Waals surface area contributed by atoms with Crippen LogP contribution in [0, 0.1) is 6.92 Å². The minimum atomic E-state index is 1.26. The third-order valence-electron chi connectivity index (χ3n) is 4.90. The van der Waals surface area contributed by atoms with Gasteiger partial charge in [-0.15, -0.1) is 11.3 Å². The lowest BCUT2D eigenvalue weighted by Gasteiger charge is -2.09. The molecular formula is C25H18S. The van der Waals surface area contributed by atoms with E-state index in [0.717, 1.165) is 0 Å². The van der Waals surface area contributed by atoms with Gasteiger partial charge in [0, 0.05) is 20.2 Å². The van der Waals surface area contributed by atoms with E-state index in [2.05, 4.69) is 97.9 Å². The smallest absolute Gasteiger partial charge is 0.0361 e. The Balaban J connectivity index is 1.67. The fraction of sp³-hybridized carbons (Fsp3) is 0.0400. The van der Waals surface area contributed by atoms with Crippen LogP contribution in [0.5, 0.6) is 0 Å². The van der Waals surface area contributed by atoms with E-state index in [1.165, 1.54) is 48.0 Å². The number of aryl methyl sites for hydroxylation is 1. The summed E-state index contributed by atoms with van der Waals surface area (Å²) in [5.41, 5.74) is 6.39. The van der Waals surface area contributed by atoms with Crippen molar-refractivity contribution < 1.29 is 0 Å². The Hall–Kier alpha value is -2.90. The quantitative estimate of drug-likeness (QED) is 0.306. The van der Waals surface area contributed by atoms with Gasteiger partial charge in [-0.3, -0.25) is 0 Å². The van der Waals surface area contributed by atoms with Gasteiger partial charge < -0.3 is 0 Å². The number of hydrogen-bond acceptors (Lipinski definition) is 1. The second kappa shape index (κ2) is 6.12. The number of rotatable bonds is 2. The Morgan fingerprint density at radius 1 is 0.500 bits per heavy atom. The minimum absolute atomic E-state index is 1.26. The first kappa shape index (κ1) is 15.4. The molecule has 0 spiro atoms. The molecule has 0 fully saturated rings. The highest BCUT2D eigenvalue weighted by Gasteiger charge is 2.08. The number of fused-ring (bicyclic) bond motifs is 3. The molecule has 0 aliphatic heterocycles. The van der Waals surface area contributed by atoms with Crippen LogP contribution in [-0.2, 0) is 0 Å². The molecule has 5 aromatic rings. The summed E-state index contributed by atoms with van der Waals surface area (Å²) in [6.07, 6.45) is 0. The van der Waals surface area contributed by atoms with Crippen LogP contribution in [0.2, 0.25) is 0 Å². The predicted octanol–water partition coefficient (Wildman–Crippen LogP) is 7.70. The van der Waals surface area contributed by atoms with Crippen LogP contribution < -0.4 is 0 Å². The summed E-state index contributed by atoms with van der Waals surface area (Å²) in [6.45, 7) is 2.17. The zero-order valence-corrected chi connectivity index (χ0v) is 15.4. The predicted molar refractivity (Wildman–Crippen MR) is 115 cm³/mol. The molecule has 1 heterocycles. The first-order valence-corrected chi connectivity index (χ1v) is 9.68. The van der Waals surface area contributed by atoms with Gasteiger partial charge in [0.2, 0.25) is 0 Å². The lowest BCUT2D eigenvalue weighted by atomic mass is 9.96. The van der Waals surface area contributed by atoms with Gasteiger partial charge in [-0.2, -0.15) is 0 Å². The average molecular weight is 350 g/mol. The van der Waals surface area contributed by atoms with E-state index in [0.29, 0.717) is 0 Å². The third-order valence-corrected chi connectivity index (χ3v) is 6.03. The Bertz CT molecular complexity index is 1230. The summed E-state index contributed by atoms with van der Waals surface area (Å²) in [4.78, 5) is 0. The molecule has 0 aliphatic rings. The van der Waals surface area contributed by atoms with E-state index in [4.69, 9.17) is 0 Å². The number of benzene rings is 4. The molecule has 0 unspecified atom stereocenters. The molecule has 0 bridgehead atoms. The fourth-order valence-corrected chi connectivity index (χ4v) is 4.80. The molecule has 0 radical (unpaired) electrons. The van der Waals surface area contributed by atoms with Crippen LogP contribution in [0.15, 0.2) is 91.0 Å². The Morgan fingerprint density at radius 2 is 1.19 bits per heavy atom. The Kier molecular flexibility index (Phi) is 3.62. The maximum Gasteiger partial charge on any atom is 0.0361 e. The summed E-state index contributed by atoms with van der Waals surface area (Å²) >= 11 is 1.88. The molecule has 5 rings (SSSR count). The van der Waals surface area contributed by atoms with E-state index < -0.39 is 0 Å². The standard InChI is InChI=1S/C25H18S/c1-17-13-20(18-7-3-2-4-8-18)15-21(14-17)19-11-12-23-22-9-5-6-10-24(22)26-25(23)16-19/h2-16H,1H3. The van der Waals surface area contributed by atoms with Gasteiger partial charge in [-0.1, -0.05) is 72.8 Å². The van der Waals surface area contributed by atoms with Crippen molar-refractivity contribution in [3.63, 3.8) is 0 Å². The lowest BCUT2D eigenvalue weighted by Crippen LogP contribution is -1.84. The van der Waals surface area contributed by atoms with Gasteiger partial charge in [0.05, 0.1) is 0 Å². The molecule has 0 nitrogen and oxygen atoms in total. The maximum absolute atomic E-state index is 2.34. The maximum atomic E-state index is 2.34. The number of thiophene rings is 1.